The molecule has 4 rings (SSSR count). The number of amides is 2. The van der Waals surface area contributed by atoms with E-state index < -0.39 is 11.9 Å². The third-order valence-electron chi connectivity index (χ3n) is 4.61. The highest BCUT2D eigenvalue weighted by molar-refractivity contribution is 6.08. The smallest absolute Gasteiger partial charge is 0.260 e. The van der Waals surface area contributed by atoms with Crippen molar-refractivity contribution in [2.75, 3.05) is 11.9 Å². The highest BCUT2D eigenvalue weighted by Crippen LogP contribution is 2.41. The Balaban J connectivity index is 1.59. The summed E-state index contributed by atoms with van der Waals surface area (Å²) in [4.78, 5) is 26.5. The van der Waals surface area contributed by atoms with Crippen molar-refractivity contribution < 1.29 is 14.0 Å². The summed E-state index contributed by atoms with van der Waals surface area (Å²) < 4.78 is 13.0. The molecular weight excluding hydrogens is 295 g/mol. The van der Waals surface area contributed by atoms with E-state index >= 15 is 0 Å². The van der Waals surface area contributed by atoms with Gasteiger partial charge in [0.25, 0.3) is 11.8 Å². The van der Waals surface area contributed by atoms with Crippen LogP contribution in [0.15, 0.2) is 48.5 Å². The van der Waals surface area contributed by atoms with E-state index in [0.717, 1.165) is 17.7 Å². The molecule has 2 aliphatic heterocycles. The summed E-state index contributed by atoms with van der Waals surface area (Å²) in [6, 6.07) is 12.7. The lowest BCUT2D eigenvalue weighted by atomic mass is 9.87. The number of para-hydroxylation sites is 1. The number of halogens is 1. The molecule has 0 aliphatic carbocycles. The first-order valence-corrected chi connectivity index (χ1v) is 7.62. The van der Waals surface area contributed by atoms with Crippen LogP contribution in [-0.4, -0.2) is 29.3 Å². The standard InChI is InChI=1S/C18H15FN2O2/c19-12-7-5-11(6-8-12)17(22)21-10-9-14-13-3-1-2-4-15(13)20-16(14)18(21)23/h1-8,14,16,20H,9-10H2. The van der Waals surface area contributed by atoms with Gasteiger partial charge in [0, 0.05) is 23.7 Å². The first-order valence-electron chi connectivity index (χ1n) is 7.62. The van der Waals surface area contributed by atoms with Crippen molar-refractivity contribution in [3.8, 4) is 0 Å². The molecule has 0 radical (unpaired) electrons. The fourth-order valence-electron chi connectivity index (χ4n) is 3.45. The second-order valence-electron chi connectivity index (χ2n) is 5.91. The normalized spacial score (nSPS) is 22.3. The second kappa shape index (κ2) is 5.19. The molecule has 1 N–H and O–H groups in total. The Kier molecular flexibility index (Phi) is 3.15. The molecule has 5 heteroatoms. The number of nitrogens with zero attached hydrogens (tertiary/aromatic N) is 1. The number of anilines is 1. The molecule has 0 saturated carbocycles. The van der Waals surface area contributed by atoms with Crippen molar-refractivity contribution in [1.82, 2.24) is 4.90 Å². The quantitative estimate of drug-likeness (QED) is 0.824. The van der Waals surface area contributed by atoms with Gasteiger partial charge < -0.3 is 5.32 Å². The molecule has 2 atom stereocenters. The molecule has 23 heavy (non-hydrogen) atoms. The summed E-state index contributed by atoms with van der Waals surface area (Å²) in [7, 11) is 0. The predicted molar refractivity (Wildman–Crippen MR) is 83.7 cm³/mol. The molecule has 2 unspecified atom stereocenters. The van der Waals surface area contributed by atoms with E-state index in [1.54, 1.807) is 0 Å². The summed E-state index contributed by atoms with van der Waals surface area (Å²) in [6.07, 6.45) is 0.730. The van der Waals surface area contributed by atoms with Crippen molar-refractivity contribution in [1.29, 1.82) is 0 Å². The van der Waals surface area contributed by atoms with E-state index in [4.69, 9.17) is 0 Å². The van der Waals surface area contributed by atoms with Gasteiger partial charge in [0.2, 0.25) is 0 Å². The number of piperidine rings is 1. The third kappa shape index (κ3) is 2.20. The third-order valence-corrected chi connectivity index (χ3v) is 4.61. The highest BCUT2D eigenvalue weighted by Gasteiger charge is 2.44. The average molecular weight is 310 g/mol. The molecule has 2 heterocycles. The highest BCUT2D eigenvalue weighted by atomic mass is 19.1. The minimum absolute atomic E-state index is 0.107. The van der Waals surface area contributed by atoms with Gasteiger partial charge in [-0.3, -0.25) is 14.5 Å². The molecule has 0 aromatic heterocycles. The minimum Gasteiger partial charge on any atom is -0.373 e. The first kappa shape index (κ1) is 13.9. The summed E-state index contributed by atoms with van der Waals surface area (Å²) in [5.74, 6) is -0.881. The number of carbonyl (C=O) groups excluding carboxylic acids is 2. The van der Waals surface area contributed by atoms with Crippen LogP contribution < -0.4 is 5.32 Å². The molecule has 1 saturated heterocycles. The lowest BCUT2D eigenvalue weighted by molar-refractivity contribution is -0.131. The molecule has 4 nitrogen and oxygen atoms in total. The molecule has 116 valence electrons. The zero-order chi connectivity index (χ0) is 16.0. The number of fused-ring (bicyclic) bond motifs is 3. The van der Waals surface area contributed by atoms with Crippen LogP contribution in [0.1, 0.15) is 28.3 Å². The monoisotopic (exact) mass is 310 g/mol. The molecule has 0 bridgehead atoms. The summed E-state index contributed by atoms with van der Waals surface area (Å²) in [5, 5.41) is 3.23. The Hall–Kier alpha value is -2.69. The zero-order valence-electron chi connectivity index (χ0n) is 12.3. The first-order chi connectivity index (χ1) is 11.1. The van der Waals surface area contributed by atoms with Crippen LogP contribution in [0.2, 0.25) is 0 Å². The number of benzene rings is 2. The molecule has 2 aliphatic rings. The van der Waals surface area contributed by atoms with E-state index in [-0.39, 0.29) is 17.7 Å². The zero-order valence-corrected chi connectivity index (χ0v) is 12.3. The molecule has 2 aromatic carbocycles. The van der Waals surface area contributed by atoms with E-state index in [1.165, 1.54) is 29.2 Å². The van der Waals surface area contributed by atoms with Crippen molar-refractivity contribution in [3.05, 3.63) is 65.5 Å². The Bertz CT molecular complexity index is 788. The van der Waals surface area contributed by atoms with Gasteiger partial charge in [-0.05, 0) is 42.3 Å². The summed E-state index contributed by atoms with van der Waals surface area (Å²) >= 11 is 0. The van der Waals surface area contributed by atoms with E-state index in [9.17, 15) is 14.0 Å². The van der Waals surface area contributed by atoms with Crippen LogP contribution in [0.3, 0.4) is 0 Å². The largest absolute Gasteiger partial charge is 0.373 e. The Morgan fingerprint density at radius 2 is 1.87 bits per heavy atom. The maximum absolute atomic E-state index is 13.0. The number of hydrogen-bond donors (Lipinski definition) is 1. The fraction of sp³-hybridized carbons (Fsp3) is 0.222. The van der Waals surface area contributed by atoms with Gasteiger partial charge >= 0.3 is 0 Å². The number of carbonyl (C=O) groups is 2. The van der Waals surface area contributed by atoms with Gasteiger partial charge in [-0.15, -0.1) is 0 Å². The van der Waals surface area contributed by atoms with Crippen molar-refractivity contribution >= 4 is 17.5 Å². The van der Waals surface area contributed by atoms with Gasteiger partial charge in [0.05, 0.1) is 0 Å². The van der Waals surface area contributed by atoms with Crippen LogP contribution in [0.5, 0.6) is 0 Å². The van der Waals surface area contributed by atoms with Gasteiger partial charge in [-0.1, -0.05) is 18.2 Å². The van der Waals surface area contributed by atoms with Gasteiger partial charge in [-0.25, -0.2) is 4.39 Å². The maximum atomic E-state index is 13.0. The molecular formula is C18H15FN2O2. The molecule has 1 fully saturated rings. The molecule has 2 amide bonds. The lowest BCUT2D eigenvalue weighted by Gasteiger charge is -2.33. The summed E-state index contributed by atoms with van der Waals surface area (Å²) in [6.45, 7) is 0.381. The average Bonchev–Trinajstić information content (AvgIpc) is 2.95. The van der Waals surface area contributed by atoms with Gasteiger partial charge in [0.1, 0.15) is 11.9 Å². The van der Waals surface area contributed by atoms with Crippen LogP contribution in [0.25, 0.3) is 0 Å². The van der Waals surface area contributed by atoms with E-state index in [0.29, 0.717) is 12.1 Å². The van der Waals surface area contributed by atoms with Crippen LogP contribution >= 0.6 is 0 Å². The van der Waals surface area contributed by atoms with E-state index in [2.05, 4.69) is 5.32 Å². The second-order valence-corrected chi connectivity index (χ2v) is 5.91. The lowest BCUT2D eigenvalue weighted by Crippen LogP contribution is -2.51. The van der Waals surface area contributed by atoms with Crippen LogP contribution in [-0.2, 0) is 4.79 Å². The van der Waals surface area contributed by atoms with Crippen molar-refractivity contribution in [2.24, 2.45) is 0 Å². The number of imide groups is 1. The number of rotatable bonds is 1. The Morgan fingerprint density at radius 3 is 2.65 bits per heavy atom. The number of nitrogens with one attached hydrogen (secondary N) is 1. The van der Waals surface area contributed by atoms with Crippen molar-refractivity contribution in [3.63, 3.8) is 0 Å². The summed E-state index contributed by atoms with van der Waals surface area (Å²) in [5.41, 5.74) is 2.43. The van der Waals surface area contributed by atoms with E-state index in [1.807, 2.05) is 24.3 Å². The number of likely N-dealkylation sites (tertiary alicyclic amines) is 1. The van der Waals surface area contributed by atoms with Crippen LogP contribution in [0.4, 0.5) is 10.1 Å². The maximum Gasteiger partial charge on any atom is 0.260 e. The predicted octanol–water partition coefficient (Wildman–Crippen LogP) is 2.78. The van der Waals surface area contributed by atoms with Crippen molar-refractivity contribution in [2.45, 2.75) is 18.4 Å². The SMILES string of the molecule is O=C(c1ccc(F)cc1)N1CCC2c3ccccc3NC2C1=O. The minimum atomic E-state index is -0.403. The molecule has 0 spiro atoms. The Morgan fingerprint density at radius 1 is 1.13 bits per heavy atom. The number of hydrogen-bond acceptors (Lipinski definition) is 3. The van der Waals surface area contributed by atoms with Gasteiger partial charge in [-0.2, -0.15) is 0 Å². The topological polar surface area (TPSA) is 49.4 Å². The molecule has 2 aromatic rings. The fourth-order valence-corrected chi connectivity index (χ4v) is 3.45. The van der Waals surface area contributed by atoms with Gasteiger partial charge in [0.15, 0.2) is 0 Å². The van der Waals surface area contributed by atoms with Crippen LogP contribution in [0, 0.1) is 5.82 Å². The Labute approximate surface area is 132 Å².